The van der Waals surface area contributed by atoms with Gasteiger partial charge in [-0.2, -0.15) is 0 Å². The van der Waals surface area contributed by atoms with E-state index in [0.717, 1.165) is 31.6 Å². The van der Waals surface area contributed by atoms with Gasteiger partial charge in [0, 0.05) is 17.8 Å². The van der Waals surface area contributed by atoms with E-state index in [0.29, 0.717) is 29.0 Å². The van der Waals surface area contributed by atoms with Crippen LogP contribution in [0, 0.1) is 34.5 Å². The monoisotopic (exact) mass is 317 g/mol. The van der Waals surface area contributed by atoms with Gasteiger partial charge in [0.2, 0.25) is 0 Å². The van der Waals surface area contributed by atoms with E-state index in [9.17, 15) is 4.79 Å². The highest BCUT2D eigenvalue weighted by Crippen LogP contribution is 2.64. The lowest BCUT2D eigenvalue weighted by atomic mass is 9.45. The van der Waals surface area contributed by atoms with Gasteiger partial charge in [-0.15, -0.1) is 0 Å². The summed E-state index contributed by atoms with van der Waals surface area (Å²) < 4.78 is 0. The SMILES string of the molecule is CON=C1CC2CCCC[C@]2(C)[C@H]2CC[C@]3(C)C(=O)CC[C@H]3[C@H]12. The summed E-state index contributed by atoms with van der Waals surface area (Å²) in [5.74, 6) is 2.97. The molecule has 0 spiro atoms. The molecule has 0 aliphatic heterocycles. The van der Waals surface area contributed by atoms with Gasteiger partial charge in [0.15, 0.2) is 0 Å². The average Bonchev–Trinajstić information content (AvgIpc) is 2.83. The van der Waals surface area contributed by atoms with Gasteiger partial charge in [-0.25, -0.2) is 0 Å². The molecule has 0 aromatic carbocycles. The van der Waals surface area contributed by atoms with Gasteiger partial charge < -0.3 is 4.84 Å². The first-order valence-corrected chi connectivity index (χ1v) is 9.64. The Labute approximate surface area is 140 Å². The molecule has 6 atom stereocenters. The van der Waals surface area contributed by atoms with E-state index in [4.69, 9.17) is 4.84 Å². The van der Waals surface area contributed by atoms with Crippen LogP contribution in [0.2, 0.25) is 0 Å². The number of nitrogens with zero attached hydrogens (tertiary/aromatic N) is 1. The van der Waals surface area contributed by atoms with E-state index >= 15 is 0 Å². The van der Waals surface area contributed by atoms with E-state index < -0.39 is 0 Å². The molecule has 0 saturated heterocycles. The van der Waals surface area contributed by atoms with Crippen LogP contribution < -0.4 is 0 Å². The Morgan fingerprint density at radius 1 is 1.09 bits per heavy atom. The van der Waals surface area contributed by atoms with E-state index in [1.165, 1.54) is 37.8 Å². The Kier molecular flexibility index (Phi) is 3.62. The number of carbonyl (C=O) groups is 1. The van der Waals surface area contributed by atoms with Crippen LogP contribution in [0.15, 0.2) is 5.16 Å². The van der Waals surface area contributed by atoms with Gasteiger partial charge >= 0.3 is 0 Å². The summed E-state index contributed by atoms with van der Waals surface area (Å²) in [5.41, 5.74) is 1.66. The molecule has 4 rings (SSSR count). The van der Waals surface area contributed by atoms with Crippen LogP contribution in [-0.2, 0) is 9.63 Å². The van der Waals surface area contributed by atoms with Crippen LogP contribution in [-0.4, -0.2) is 18.6 Å². The summed E-state index contributed by atoms with van der Waals surface area (Å²) in [6.07, 6.45) is 10.7. The zero-order valence-electron chi connectivity index (χ0n) is 14.9. The number of hydrogen-bond acceptors (Lipinski definition) is 3. The molecular weight excluding hydrogens is 286 g/mol. The lowest BCUT2D eigenvalue weighted by Gasteiger charge is -2.59. The summed E-state index contributed by atoms with van der Waals surface area (Å²) in [7, 11) is 1.68. The topological polar surface area (TPSA) is 38.7 Å². The lowest BCUT2D eigenvalue weighted by molar-refractivity contribution is -0.132. The molecule has 3 heteroatoms. The molecule has 0 bridgehead atoms. The molecule has 0 heterocycles. The standard InChI is InChI=1S/C20H31NO2/c1-19-10-5-4-6-13(19)12-16(21-23-3)18-14-7-8-17(22)20(14,2)11-9-15(18)19/h13-15,18H,4-12H2,1-3H3/t13?,14-,15-,18-,19-,20-/m0/s1. The summed E-state index contributed by atoms with van der Waals surface area (Å²) in [6, 6.07) is 0. The molecule has 4 fully saturated rings. The third kappa shape index (κ3) is 2.07. The highest BCUT2D eigenvalue weighted by Gasteiger charge is 2.61. The molecule has 0 amide bonds. The van der Waals surface area contributed by atoms with Crippen molar-refractivity contribution >= 4 is 11.5 Å². The number of oxime groups is 1. The van der Waals surface area contributed by atoms with Crippen molar-refractivity contribution < 1.29 is 9.63 Å². The van der Waals surface area contributed by atoms with Crippen LogP contribution in [0.25, 0.3) is 0 Å². The van der Waals surface area contributed by atoms with Crippen molar-refractivity contribution in [1.29, 1.82) is 0 Å². The maximum Gasteiger partial charge on any atom is 0.139 e. The molecule has 4 aliphatic rings. The average molecular weight is 317 g/mol. The maximum atomic E-state index is 12.6. The van der Waals surface area contributed by atoms with E-state index in [-0.39, 0.29) is 5.41 Å². The first-order chi connectivity index (χ1) is 11.0. The van der Waals surface area contributed by atoms with Crippen LogP contribution in [0.4, 0.5) is 0 Å². The van der Waals surface area contributed by atoms with Gasteiger partial charge in [0.25, 0.3) is 0 Å². The predicted molar refractivity (Wildman–Crippen MR) is 91.2 cm³/mol. The predicted octanol–water partition coefficient (Wildman–Crippen LogP) is 4.60. The molecule has 0 aromatic rings. The molecule has 1 unspecified atom stereocenters. The van der Waals surface area contributed by atoms with Gasteiger partial charge in [0.1, 0.15) is 12.9 Å². The second-order valence-corrected chi connectivity index (χ2v) is 9.07. The van der Waals surface area contributed by atoms with Crippen molar-refractivity contribution in [3.63, 3.8) is 0 Å². The number of hydrogen-bond donors (Lipinski definition) is 0. The number of ketones is 1. The third-order valence-electron chi connectivity index (χ3n) is 8.33. The lowest BCUT2D eigenvalue weighted by Crippen LogP contribution is -2.56. The van der Waals surface area contributed by atoms with E-state index in [2.05, 4.69) is 19.0 Å². The molecule has 0 N–H and O–H groups in total. The molecule has 0 radical (unpaired) electrons. The fourth-order valence-corrected chi connectivity index (χ4v) is 6.98. The van der Waals surface area contributed by atoms with Crippen LogP contribution in [0.3, 0.4) is 0 Å². The molecular formula is C20H31NO2. The van der Waals surface area contributed by atoms with E-state index in [1.807, 2.05) is 0 Å². The molecule has 3 nitrogen and oxygen atoms in total. The van der Waals surface area contributed by atoms with Crippen LogP contribution >= 0.6 is 0 Å². The quantitative estimate of drug-likeness (QED) is 0.663. The van der Waals surface area contributed by atoms with Crippen molar-refractivity contribution in [2.75, 3.05) is 7.11 Å². The van der Waals surface area contributed by atoms with Crippen molar-refractivity contribution in [2.24, 2.45) is 39.7 Å². The first-order valence-electron chi connectivity index (χ1n) is 9.64. The zero-order chi connectivity index (χ0) is 16.2. The van der Waals surface area contributed by atoms with Crippen molar-refractivity contribution in [3.05, 3.63) is 0 Å². The van der Waals surface area contributed by atoms with Gasteiger partial charge in [-0.1, -0.05) is 31.8 Å². The van der Waals surface area contributed by atoms with Gasteiger partial charge in [-0.05, 0) is 61.7 Å². The zero-order valence-corrected chi connectivity index (χ0v) is 14.9. The van der Waals surface area contributed by atoms with Gasteiger partial charge in [-0.3, -0.25) is 4.79 Å². The van der Waals surface area contributed by atoms with E-state index in [1.54, 1.807) is 7.11 Å². The van der Waals surface area contributed by atoms with Crippen molar-refractivity contribution in [1.82, 2.24) is 0 Å². The van der Waals surface area contributed by atoms with Gasteiger partial charge in [0.05, 0.1) is 5.71 Å². The first kappa shape index (κ1) is 15.7. The Bertz CT molecular complexity index is 542. The third-order valence-corrected chi connectivity index (χ3v) is 8.33. The Balaban J connectivity index is 1.76. The minimum atomic E-state index is -0.0897. The fraction of sp³-hybridized carbons (Fsp3) is 0.900. The number of fused-ring (bicyclic) bond motifs is 5. The Hall–Kier alpha value is -0.860. The number of Topliss-reactive ketones (excluding diaryl/α,β-unsaturated/α-hetero) is 1. The fourth-order valence-electron chi connectivity index (χ4n) is 6.98. The normalized spacial score (nSPS) is 51.1. The summed E-state index contributed by atoms with van der Waals surface area (Å²) >= 11 is 0. The van der Waals surface area contributed by atoms with Crippen molar-refractivity contribution in [3.8, 4) is 0 Å². The second-order valence-electron chi connectivity index (χ2n) is 9.07. The highest BCUT2D eigenvalue weighted by molar-refractivity contribution is 5.92. The highest BCUT2D eigenvalue weighted by atomic mass is 16.6. The number of rotatable bonds is 1. The summed E-state index contributed by atoms with van der Waals surface area (Å²) in [5, 5.41) is 4.51. The minimum Gasteiger partial charge on any atom is -0.399 e. The van der Waals surface area contributed by atoms with Crippen molar-refractivity contribution in [2.45, 2.75) is 71.6 Å². The smallest absolute Gasteiger partial charge is 0.139 e. The summed E-state index contributed by atoms with van der Waals surface area (Å²) in [4.78, 5) is 17.8. The molecule has 0 aromatic heterocycles. The van der Waals surface area contributed by atoms with Crippen LogP contribution in [0.5, 0.6) is 0 Å². The molecule has 23 heavy (non-hydrogen) atoms. The van der Waals surface area contributed by atoms with Crippen LogP contribution in [0.1, 0.15) is 71.6 Å². The Morgan fingerprint density at radius 3 is 2.70 bits per heavy atom. The number of carbonyl (C=O) groups excluding carboxylic acids is 1. The maximum absolute atomic E-state index is 12.6. The Morgan fingerprint density at radius 2 is 1.91 bits per heavy atom. The summed E-state index contributed by atoms with van der Waals surface area (Å²) in [6.45, 7) is 4.79. The minimum absolute atomic E-state index is 0.0897. The molecule has 128 valence electrons. The second kappa shape index (κ2) is 5.32. The molecule has 4 aliphatic carbocycles. The molecule has 4 saturated carbocycles. The largest absolute Gasteiger partial charge is 0.399 e.